The number of rotatable bonds is 5. The standard InChI is InChI=1S/C16H16ClFN2S/c1-20(9-12-4-2-3-5-14(12)17)10-13-7-6-11(16(19)21)8-15(13)18/h2-8H,9-10H2,1H3,(H2,19,21). The van der Waals surface area contributed by atoms with Crippen LogP contribution in [0.5, 0.6) is 0 Å². The molecular weight excluding hydrogens is 307 g/mol. The van der Waals surface area contributed by atoms with E-state index >= 15 is 0 Å². The third kappa shape index (κ3) is 4.24. The lowest BCUT2D eigenvalue weighted by molar-refractivity contribution is 0.313. The minimum absolute atomic E-state index is 0.199. The molecule has 0 saturated carbocycles. The van der Waals surface area contributed by atoms with E-state index in [1.54, 1.807) is 12.1 Å². The van der Waals surface area contributed by atoms with Crippen LogP contribution in [-0.4, -0.2) is 16.9 Å². The van der Waals surface area contributed by atoms with Crippen LogP contribution in [0.3, 0.4) is 0 Å². The molecule has 0 amide bonds. The Kier molecular flexibility index (Phi) is 5.28. The van der Waals surface area contributed by atoms with Crippen LogP contribution in [0.2, 0.25) is 5.02 Å². The van der Waals surface area contributed by atoms with Gasteiger partial charge in [0.25, 0.3) is 0 Å². The van der Waals surface area contributed by atoms with Crippen molar-refractivity contribution in [2.24, 2.45) is 5.73 Å². The molecule has 0 bridgehead atoms. The van der Waals surface area contributed by atoms with Crippen molar-refractivity contribution in [3.8, 4) is 0 Å². The Morgan fingerprint density at radius 3 is 2.48 bits per heavy atom. The highest BCUT2D eigenvalue weighted by molar-refractivity contribution is 7.80. The van der Waals surface area contributed by atoms with Crippen molar-refractivity contribution in [1.29, 1.82) is 0 Å². The molecule has 5 heteroatoms. The molecule has 21 heavy (non-hydrogen) atoms. The molecule has 2 N–H and O–H groups in total. The second-order valence-electron chi connectivity index (χ2n) is 4.93. The smallest absolute Gasteiger partial charge is 0.128 e. The van der Waals surface area contributed by atoms with Crippen molar-refractivity contribution in [2.45, 2.75) is 13.1 Å². The largest absolute Gasteiger partial charge is 0.389 e. The highest BCUT2D eigenvalue weighted by Crippen LogP contribution is 2.18. The van der Waals surface area contributed by atoms with Gasteiger partial charge < -0.3 is 5.73 Å². The first-order valence-corrected chi connectivity index (χ1v) is 7.26. The van der Waals surface area contributed by atoms with Crippen LogP contribution in [-0.2, 0) is 13.1 Å². The van der Waals surface area contributed by atoms with E-state index < -0.39 is 0 Å². The van der Waals surface area contributed by atoms with Gasteiger partial charge in [-0.1, -0.05) is 54.2 Å². The van der Waals surface area contributed by atoms with Crippen LogP contribution in [0.1, 0.15) is 16.7 Å². The van der Waals surface area contributed by atoms with Crippen LogP contribution in [0, 0.1) is 5.82 Å². The Morgan fingerprint density at radius 1 is 1.19 bits per heavy atom. The maximum absolute atomic E-state index is 14.0. The Bertz CT molecular complexity index is 660. The van der Waals surface area contributed by atoms with E-state index in [0.717, 1.165) is 5.56 Å². The number of nitrogens with two attached hydrogens (primary N) is 1. The molecule has 0 atom stereocenters. The van der Waals surface area contributed by atoms with E-state index in [9.17, 15) is 4.39 Å². The average molecular weight is 323 g/mol. The van der Waals surface area contributed by atoms with E-state index in [4.69, 9.17) is 29.6 Å². The predicted octanol–water partition coefficient (Wildman–Crippen LogP) is 3.75. The summed E-state index contributed by atoms with van der Waals surface area (Å²) in [6.07, 6.45) is 0. The summed E-state index contributed by atoms with van der Waals surface area (Å²) in [7, 11) is 1.92. The highest BCUT2D eigenvalue weighted by Gasteiger charge is 2.09. The molecule has 0 aromatic heterocycles. The fraction of sp³-hybridized carbons (Fsp3) is 0.188. The zero-order valence-corrected chi connectivity index (χ0v) is 13.2. The van der Waals surface area contributed by atoms with E-state index in [0.29, 0.717) is 29.2 Å². The van der Waals surface area contributed by atoms with Gasteiger partial charge >= 0.3 is 0 Å². The van der Waals surface area contributed by atoms with Crippen molar-refractivity contribution >= 4 is 28.8 Å². The van der Waals surface area contributed by atoms with Crippen molar-refractivity contribution in [3.05, 3.63) is 70.0 Å². The number of hydrogen-bond acceptors (Lipinski definition) is 2. The molecule has 2 aromatic carbocycles. The lowest BCUT2D eigenvalue weighted by atomic mass is 10.1. The van der Waals surface area contributed by atoms with Gasteiger partial charge in [0.05, 0.1) is 0 Å². The molecule has 110 valence electrons. The molecule has 0 unspecified atom stereocenters. The van der Waals surface area contributed by atoms with E-state index in [1.165, 1.54) is 6.07 Å². The molecule has 0 radical (unpaired) electrons. The minimum Gasteiger partial charge on any atom is -0.389 e. The first-order valence-electron chi connectivity index (χ1n) is 6.47. The summed E-state index contributed by atoms with van der Waals surface area (Å²) < 4.78 is 14.0. The average Bonchev–Trinajstić information content (AvgIpc) is 2.43. The predicted molar refractivity (Wildman–Crippen MR) is 88.9 cm³/mol. The first kappa shape index (κ1) is 15.9. The third-order valence-corrected chi connectivity index (χ3v) is 3.78. The fourth-order valence-electron chi connectivity index (χ4n) is 2.09. The summed E-state index contributed by atoms with van der Waals surface area (Å²) in [5.41, 5.74) is 7.65. The van der Waals surface area contributed by atoms with E-state index in [2.05, 4.69) is 0 Å². The number of thiocarbonyl (C=S) groups is 1. The Morgan fingerprint density at radius 2 is 1.86 bits per heavy atom. The summed E-state index contributed by atoms with van der Waals surface area (Å²) in [5.74, 6) is -0.300. The second-order valence-corrected chi connectivity index (χ2v) is 5.78. The fourth-order valence-corrected chi connectivity index (χ4v) is 2.42. The van der Waals surface area contributed by atoms with Crippen molar-refractivity contribution in [2.75, 3.05) is 7.05 Å². The molecule has 0 aliphatic rings. The maximum atomic E-state index is 14.0. The van der Waals surface area contributed by atoms with Crippen molar-refractivity contribution in [1.82, 2.24) is 4.90 Å². The lowest BCUT2D eigenvalue weighted by Crippen LogP contribution is -2.18. The van der Waals surface area contributed by atoms with Gasteiger partial charge in [-0.15, -0.1) is 0 Å². The zero-order chi connectivity index (χ0) is 15.4. The summed E-state index contributed by atoms with van der Waals surface area (Å²) in [4.78, 5) is 2.20. The summed E-state index contributed by atoms with van der Waals surface area (Å²) in [5, 5.41) is 0.716. The van der Waals surface area contributed by atoms with Gasteiger partial charge in [0.2, 0.25) is 0 Å². The van der Waals surface area contributed by atoms with E-state index in [1.807, 2.05) is 36.2 Å². The molecule has 0 spiro atoms. The number of hydrogen-bond donors (Lipinski definition) is 1. The van der Waals surface area contributed by atoms with Gasteiger partial charge in [-0.3, -0.25) is 4.90 Å². The van der Waals surface area contributed by atoms with Gasteiger partial charge in [-0.2, -0.15) is 0 Å². The van der Waals surface area contributed by atoms with Gasteiger partial charge in [0.1, 0.15) is 10.8 Å². The Hall–Kier alpha value is -1.49. The van der Waals surface area contributed by atoms with Gasteiger partial charge in [0, 0.05) is 29.2 Å². The van der Waals surface area contributed by atoms with Crippen LogP contribution >= 0.6 is 23.8 Å². The Balaban J connectivity index is 2.08. The highest BCUT2D eigenvalue weighted by atomic mass is 35.5. The number of halogens is 2. The topological polar surface area (TPSA) is 29.3 Å². The van der Waals surface area contributed by atoms with Gasteiger partial charge in [0.15, 0.2) is 0 Å². The molecule has 2 nitrogen and oxygen atoms in total. The van der Waals surface area contributed by atoms with Crippen molar-refractivity contribution < 1.29 is 4.39 Å². The normalized spacial score (nSPS) is 10.9. The molecule has 0 saturated heterocycles. The SMILES string of the molecule is CN(Cc1ccc(C(N)=S)cc1F)Cc1ccccc1Cl. The molecule has 0 aliphatic carbocycles. The molecular formula is C16H16ClFN2S. The van der Waals surface area contributed by atoms with Crippen LogP contribution in [0.25, 0.3) is 0 Å². The Labute approximate surface area is 134 Å². The monoisotopic (exact) mass is 322 g/mol. The van der Waals surface area contributed by atoms with Gasteiger partial charge in [-0.25, -0.2) is 4.39 Å². The molecule has 0 aliphatic heterocycles. The third-order valence-electron chi connectivity index (χ3n) is 3.18. The van der Waals surface area contributed by atoms with Crippen molar-refractivity contribution in [3.63, 3.8) is 0 Å². The number of nitrogens with zero attached hydrogens (tertiary/aromatic N) is 1. The molecule has 0 heterocycles. The minimum atomic E-state index is -0.300. The first-order chi connectivity index (χ1) is 9.97. The maximum Gasteiger partial charge on any atom is 0.128 e. The van der Waals surface area contributed by atoms with Gasteiger partial charge in [-0.05, 0) is 24.7 Å². The van der Waals surface area contributed by atoms with Crippen LogP contribution in [0.15, 0.2) is 42.5 Å². The molecule has 2 rings (SSSR count). The number of benzene rings is 2. The van der Waals surface area contributed by atoms with E-state index in [-0.39, 0.29) is 10.8 Å². The molecule has 2 aromatic rings. The lowest BCUT2D eigenvalue weighted by Gasteiger charge is -2.18. The summed E-state index contributed by atoms with van der Waals surface area (Å²) in [6, 6.07) is 12.5. The van der Waals surface area contributed by atoms with Crippen LogP contribution in [0.4, 0.5) is 4.39 Å². The summed E-state index contributed by atoms with van der Waals surface area (Å²) >= 11 is 11.0. The van der Waals surface area contributed by atoms with Crippen LogP contribution < -0.4 is 5.73 Å². The quantitative estimate of drug-likeness (QED) is 0.850. The second kappa shape index (κ2) is 6.98. The zero-order valence-electron chi connectivity index (χ0n) is 11.6. The molecule has 0 fully saturated rings. The summed E-state index contributed by atoms with van der Waals surface area (Å²) in [6.45, 7) is 1.13.